The van der Waals surface area contributed by atoms with Gasteiger partial charge in [-0.3, -0.25) is 20.2 Å². The number of carbonyl (C=O) groups is 2. The Morgan fingerprint density at radius 3 is 1.84 bits per heavy atom. The monoisotopic (exact) mass is 268 g/mol. The number of hydrogen-bond acceptors (Lipinski definition) is 6. The lowest BCUT2D eigenvalue weighted by molar-refractivity contribution is -0.118. The van der Waals surface area contributed by atoms with E-state index in [0.717, 1.165) is 0 Å². The highest BCUT2D eigenvalue weighted by Crippen LogP contribution is 1.79. The molecule has 0 aliphatic rings. The first kappa shape index (κ1) is 16.2. The molecule has 0 aromatic rings. The number of carbonyl (C=O) groups excluding carboxylic acids is 2. The Balaban J connectivity index is 4.48. The minimum atomic E-state index is -0.352. The van der Waals surface area contributed by atoms with Gasteiger partial charge in [-0.05, 0) is 6.92 Å². The zero-order chi connectivity index (χ0) is 14.8. The summed E-state index contributed by atoms with van der Waals surface area (Å²) in [5, 5.41) is 18.7. The molecule has 0 saturated carbocycles. The summed E-state index contributed by atoms with van der Waals surface area (Å²) in [7, 11) is 0. The van der Waals surface area contributed by atoms with E-state index in [4.69, 9.17) is 11.5 Å². The van der Waals surface area contributed by atoms with Crippen LogP contribution in [0.1, 0.15) is 20.8 Å². The van der Waals surface area contributed by atoms with E-state index in [2.05, 4.69) is 31.0 Å². The first-order valence-corrected chi connectivity index (χ1v) is 5.10. The molecule has 0 unspecified atom stereocenters. The predicted molar refractivity (Wildman–Crippen MR) is 72.5 cm³/mol. The topological polar surface area (TPSA) is 160 Å². The van der Waals surface area contributed by atoms with E-state index in [-0.39, 0.29) is 23.7 Å². The Labute approximate surface area is 109 Å². The van der Waals surface area contributed by atoms with Crippen molar-refractivity contribution in [1.29, 1.82) is 0 Å². The van der Waals surface area contributed by atoms with Crippen molar-refractivity contribution in [2.24, 2.45) is 31.9 Å². The lowest BCUT2D eigenvalue weighted by Crippen LogP contribution is -2.34. The van der Waals surface area contributed by atoms with Crippen LogP contribution in [0.4, 0.5) is 0 Å². The van der Waals surface area contributed by atoms with Crippen LogP contribution in [0.2, 0.25) is 0 Å². The van der Waals surface area contributed by atoms with Crippen LogP contribution in [-0.2, 0) is 9.59 Å². The molecule has 2 amide bonds. The quantitative estimate of drug-likeness (QED) is 0.271. The first-order valence-electron chi connectivity index (χ1n) is 5.10. The van der Waals surface area contributed by atoms with E-state index in [9.17, 15) is 9.59 Å². The number of guanidine groups is 2. The number of hydrogen-bond donors (Lipinski definition) is 4. The Morgan fingerprint density at radius 2 is 1.37 bits per heavy atom. The van der Waals surface area contributed by atoms with Crippen LogP contribution in [0.15, 0.2) is 20.4 Å². The van der Waals surface area contributed by atoms with Gasteiger partial charge in [0.05, 0.1) is 11.9 Å². The van der Waals surface area contributed by atoms with E-state index in [0.29, 0.717) is 5.71 Å². The van der Waals surface area contributed by atoms with Gasteiger partial charge in [-0.2, -0.15) is 10.2 Å². The van der Waals surface area contributed by atoms with Crippen molar-refractivity contribution in [2.45, 2.75) is 20.8 Å². The van der Waals surface area contributed by atoms with E-state index < -0.39 is 0 Å². The van der Waals surface area contributed by atoms with Crippen LogP contribution in [0, 0.1) is 0 Å². The molecule has 0 aliphatic heterocycles. The molecular formula is C9H16N8O2. The van der Waals surface area contributed by atoms with Crippen molar-refractivity contribution < 1.29 is 9.59 Å². The summed E-state index contributed by atoms with van der Waals surface area (Å²) in [6.45, 7) is 4.16. The van der Waals surface area contributed by atoms with E-state index >= 15 is 0 Å². The van der Waals surface area contributed by atoms with Gasteiger partial charge in [-0.1, -0.05) is 0 Å². The van der Waals surface area contributed by atoms with Crippen LogP contribution in [-0.4, -0.2) is 35.7 Å². The average molecular weight is 268 g/mol. The summed E-state index contributed by atoms with van der Waals surface area (Å²) in [5.41, 5.74) is 11.0. The molecule has 0 spiro atoms. The minimum Gasteiger partial charge on any atom is -0.368 e. The Morgan fingerprint density at radius 1 is 0.895 bits per heavy atom. The SMILES string of the molecule is CC(=O)NC(N)=N/N=C/C(C)=N/N=C(N)NC(C)=O. The van der Waals surface area contributed by atoms with E-state index in [1.807, 2.05) is 0 Å². The summed E-state index contributed by atoms with van der Waals surface area (Å²) in [6.07, 6.45) is 1.25. The molecule has 10 heteroatoms. The lowest BCUT2D eigenvalue weighted by Gasteiger charge is -1.96. The summed E-state index contributed by atoms with van der Waals surface area (Å²) >= 11 is 0. The standard InChI is InChI=1S/C9H16N8O2/c1-5(15-17-9(11)14-7(3)19)4-12-16-8(10)13-6(2)18/h4H,1-3H3,(H3,10,13,16,18)(H3,11,14,17,19)/b12-4+,15-5+. The summed E-state index contributed by atoms with van der Waals surface area (Å²) < 4.78 is 0. The maximum Gasteiger partial charge on any atom is 0.223 e. The fraction of sp³-hybridized carbons (Fsp3) is 0.333. The van der Waals surface area contributed by atoms with Gasteiger partial charge in [0.1, 0.15) is 0 Å². The van der Waals surface area contributed by atoms with Gasteiger partial charge < -0.3 is 11.5 Å². The van der Waals surface area contributed by atoms with Crippen molar-refractivity contribution >= 4 is 35.7 Å². The summed E-state index contributed by atoms with van der Waals surface area (Å²) in [6, 6.07) is 0. The van der Waals surface area contributed by atoms with Gasteiger partial charge in [-0.25, -0.2) is 0 Å². The normalized spacial score (nSPS) is 13.5. The average Bonchev–Trinajstić information content (AvgIpc) is 2.24. The molecule has 0 heterocycles. The fourth-order valence-electron chi connectivity index (χ4n) is 0.744. The zero-order valence-electron chi connectivity index (χ0n) is 10.8. The van der Waals surface area contributed by atoms with Crippen molar-refractivity contribution in [3.05, 3.63) is 0 Å². The Bertz CT molecular complexity index is 463. The minimum absolute atomic E-state index is 0.137. The second kappa shape index (κ2) is 8.33. The Hall–Kier alpha value is -2.78. The molecule has 0 saturated heterocycles. The van der Waals surface area contributed by atoms with Crippen molar-refractivity contribution in [3.8, 4) is 0 Å². The smallest absolute Gasteiger partial charge is 0.223 e. The van der Waals surface area contributed by atoms with Gasteiger partial charge in [0.15, 0.2) is 0 Å². The van der Waals surface area contributed by atoms with Gasteiger partial charge in [0, 0.05) is 13.8 Å². The van der Waals surface area contributed by atoms with Crippen LogP contribution >= 0.6 is 0 Å². The molecule has 0 radical (unpaired) electrons. The molecule has 104 valence electrons. The summed E-state index contributed by atoms with van der Waals surface area (Å²) in [4.78, 5) is 21.2. The first-order chi connectivity index (χ1) is 8.81. The fourth-order valence-corrected chi connectivity index (χ4v) is 0.744. The molecule has 0 atom stereocenters. The van der Waals surface area contributed by atoms with Crippen molar-refractivity contribution in [3.63, 3.8) is 0 Å². The third-order valence-electron chi connectivity index (χ3n) is 1.33. The second-order valence-electron chi connectivity index (χ2n) is 3.32. The number of nitrogens with two attached hydrogens (primary N) is 2. The van der Waals surface area contributed by atoms with Crippen LogP contribution < -0.4 is 22.1 Å². The van der Waals surface area contributed by atoms with E-state index in [1.165, 1.54) is 20.1 Å². The van der Waals surface area contributed by atoms with Gasteiger partial charge in [0.25, 0.3) is 0 Å². The number of rotatable bonds is 3. The molecule has 10 nitrogen and oxygen atoms in total. The third kappa shape index (κ3) is 10.1. The number of nitrogens with one attached hydrogen (secondary N) is 2. The van der Waals surface area contributed by atoms with Gasteiger partial charge >= 0.3 is 0 Å². The molecule has 0 aromatic carbocycles. The maximum atomic E-state index is 10.6. The van der Waals surface area contributed by atoms with Gasteiger partial charge in [0.2, 0.25) is 23.7 Å². The molecule has 6 N–H and O–H groups in total. The van der Waals surface area contributed by atoms with Crippen LogP contribution in [0.3, 0.4) is 0 Å². The molecule has 0 rings (SSSR count). The largest absolute Gasteiger partial charge is 0.368 e. The molecular weight excluding hydrogens is 252 g/mol. The third-order valence-corrected chi connectivity index (χ3v) is 1.33. The highest BCUT2D eigenvalue weighted by atomic mass is 16.2. The lowest BCUT2D eigenvalue weighted by atomic mass is 10.5. The van der Waals surface area contributed by atoms with Gasteiger partial charge in [-0.15, -0.1) is 10.2 Å². The predicted octanol–water partition coefficient (Wildman–Crippen LogP) is -1.75. The van der Waals surface area contributed by atoms with Crippen LogP contribution in [0.25, 0.3) is 0 Å². The Kier molecular flexibility index (Phi) is 7.11. The molecule has 0 aliphatic carbocycles. The highest BCUT2D eigenvalue weighted by molar-refractivity contribution is 6.29. The maximum absolute atomic E-state index is 10.6. The van der Waals surface area contributed by atoms with E-state index in [1.54, 1.807) is 6.92 Å². The number of nitrogens with zero attached hydrogens (tertiary/aromatic N) is 4. The summed E-state index contributed by atoms with van der Waals surface area (Å²) in [5.74, 6) is -0.982. The van der Waals surface area contributed by atoms with Crippen LogP contribution in [0.5, 0.6) is 0 Å². The molecule has 0 aromatic heterocycles. The highest BCUT2D eigenvalue weighted by Gasteiger charge is 1.94. The van der Waals surface area contributed by atoms with Crippen molar-refractivity contribution in [1.82, 2.24) is 10.6 Å². The second-order valence-corrected chi connectivity index (χ2v) is 3.32. The molecule has 0 fully saturated rings. The molecule has 0 bridgehead atoms. The zero-order valence-corrected chi connectivity index (χ0v) is 10.8. The number of amides is 2. The van der Waals surface area contributed by atoms with Crippen molar-refractivity contribution in [2.75, 3.05) is 0 Å². The molecule has 19 heavy (non-hydrogen) atoms.